The Bertz CT molecular complexity index is 3400. The molecule has 0 saturated heterocycles. The summed E-state index contributed by atoms with van der Waals surface area (Å²) in [4.78, 5) is 29.9. The fourth-order valence-corrected chi connectivity index (χ4v) is 10.0. The van der Waals surface area contributed by atoms with Gasteiger partial charge in [0.25, 0.3) is 0 Å². The summed E-state index contributed by atoms with van der Waals surface area (Å²) < 4.78 is 119. The molecule has 3 aliphatic rings. The van der Waals surface area contributed by atoms with E-state index in [9.17, 15) is 43.7 Å². The minimum absolute atomic E-state index is 0. The number of ether oxygens (including phenoxy) is 1. The number of aromatic nitrogens is 4. The normalized spacial score (nSPS) is 16.0. The van der Waals surface area contributed by atoms with Crippen molar-refractivity contribution < 1.29 is 112 Å². The van der Waals surface area contributed by atoms with E-state index in [-0.39, 0.29) is 116 Å². The summed E-state index contributed by atoms with van der Waals surface area (Å²) in [6, 6.07) is 18.9. The van der Waals surface area contributed by atoms with Crippen molar-refractivity contribution in [3.8, 4) is 17.2 Å². The minimum atomic E-state index is -4.88. The van der Waals surface area contributed by atoms with Crippen LogP contribution >= 0.6 is 0 Å². The van der Waals surface area contributed by atoms with Crippen LogP contribution in [0.25, 0.3) is 28.6 Å². The largest absolute Gasteiger partial charge is 1.00 e. The molecule has 0 bridgehead atoms. The zero-order valence-electron chi connectivity index (χ0n) is 40.8. The van der Waals surface area contributed by atoms with Gasteiger partial charge >= 0.3 is 59.1 Å². The van der Waals surface area contributed by atoms with E-state index in [2.05, 4.69) is 25.3 Å². The van der Waals surface area contributed by atoms with E-state index in [1.54, 1.807) is 36.6 Å². The quantitative estimate of drug-likeness (QED) is 0.0302. The Kier molecular flexibility index (Phi) is 20.8. The van der Waals surface area contributed by atoms with Crippen molar-refractivity contribution in [2.45, 2.75) is 69.4 Å². The van der Waals surface area contributed by atoms with Crippen LogP contribution in [0.2, 0.25) is 0 Å². The maximum Gasteiger partial charge on any atom is 1.00 e. The van der Waals surface area contributed by atoms with Gasteiger partial charge in [0.05, 0.1) is 43.8 Å². The van der Waals surface area contributed by atoms with Gasteiger partial charge in [0, 0.05) is 65.9 Å². The number of carbonyl (C=O) groups is 1. The molecule has 1 atom stereocenters. The number of nitrogens with two attached hydrogens (primary N) is 1. The van der Waals surface area contributed by atoms with Crippen LogP contribution < -0.4 is 89.7 Å². The summed E-state index contributed by atoms with van der Waals surface area (Å²) in [6.07, 6.45) is 12.9. The molecule has 4 heterocycles. The number of H-pyrrole nitrogens is 1. The van der Waals surface area contributed by atoms with Crippen molar-refractivity contribution in [1.29, 1.82) is 0 Å². The van der Waals surface area contributed by atoms with E-state index in [1.807, 2.05) is 71.9 Å². The first kappa shape index (κ1) is 59.1. The molecule has 20 nitrogen and oxygen atoms in total. The van der Waals surface area contributed by atoms with E-state index >= 15 is 0 Å². The van der Waals surface area contributed by atoms with Crippen molar-refractivity contribution in [2.75, 3.05) is 41.8 Å². The summed E-state index contributed by atoms with van der Waals surface area (Å²) >= 11 is 0. The molecule has 0 saturated carbocycles. The standard InChI is InChI=1S/C48H54N8O12S3.2Na/c1-3-55(23-8-26-69(58,59)60)36-17-19-38-35(21-25-67-41(38)28-36)10-5-4-6-11-42-48(2,39-29-37(71(64,65)66)18-20-40(39)56(42)24-9-27-70(61,62)63)22-7-12-43(57)50-30-33-13-15-34(16-14-33)31-68-46-44-45(52-32-51-44)53-47(49)54-46;;/h4-6,10-11,13-21,25,28-29,32H,3,7-9,12,22-24,26-27,30-31H2,1-2H3,(H6-,49,50,51,52,53,54,57,58,59,60,61,62,63,64,65,66);;/q;2*+1/p-2. The predicted octanol–water partition coefficient (Wildman–Crippen LogP) is -1.50. The summed E-state index contributed by atoms with van der Waals surface area (Å²) in [5, 5.41) is 3.74. The van der Waals surface area contributed by atoms with E-state index in [1.165, 1.54) is 24.5 Å². The van der Waals surface area contributed by atoms with Gasteiger partial charge in [-0.3, -0.25) is 4.79 Å². The molecule has 0 fully saturated rings. The number of hydrogen-bond donors (Lipinski definition) is 3. The third-order valence-corrected chi connectivity index (χ3v) is 14.5. The molecule has 4 N–H and O–H groups in total. The first-order valence-electron chi connectivity index (χ1n) is 22.5. The zero-order valence-corrected chi connectivity index (χ0v) is 47.3. The Morgan fingerprint density at radius 3 is 2.34 bits per heavy atom. The third kappa shape index (κ3) is 15.9. The number of amides is 1. The number of anilines is 2. The fourth-order valence-electron chi connectivity index (χ4n) is 8.55. The first-order valence-corrected chi connectivity index (χ1v) is 27.1. The number of nitrogens with one attached hydrogen (secondary N) is 2. The monoisotopic (exact) mass is 1070 g/mol. The van der Waals surface area contributed by atoms with Gasteiger partial charge in [-0.05, 0) is 91.8 Å². The van der Waals surface area contributed by atoms with Crippen molar-refractivity contribution in [2.24, 2.45) is 0 Å². The molecule has 4 aromatic rings. The number of benzene rings is 3. The van der Waals surface area contributed by atoms with Gasteiger partial charge < -0.3 is 43.7 Å². The summed E-state index contributed by atoms with van der Waals surface area (Å²) in [5.74, 6) is -0.455. The second-order valence-corrected chi connectivity index (χ2v) is 21.4. The molecule has 0 spiro atoms. The van der Waals surface area contributed by atoms with Gasteiger partial charge in [0.15, 0.2) is 5.65 Å². The molecule has 7 rings (SSSR count). The molecule has 25 heteroatoms. The molecule has 0 radical (unpaired) electrons. The van der Waals surface area contributed by atoms with Gasteiger partial charge in [-0.25, -0.2) is 34.8 Å². The minimum Gasteiger partial charge on any atom is -0.748 e. The van der Waals surface area contributed by atoms with E-state index in [0.29, 0.717) is 59.8 Å². The zero-order chi connectivity index (χ0) is 51.0. The molecule has 376 valence electrons. The number of nitrogen functional groups attached to an aromatic ring is 1. The number of allylic oxidation sites excluding steroid dienone is 5. The predicted molar refractivity (Wildman–Crippen MR) is 262 cm³/mol. The molecular weight excluding hydrogens is 1020 g/mol. The van der Waals surface area contributed by atoms with Gasteiger partial charge in [0.2, 0.25) is 23.1 Å². The van der Waals surface area contributed by atoms with Gasteiger partial charge in [-0.15, -0.1) is 0 Å². The fraction of sp³-hybridized carbons (Fsp3) is 0.312. The smallest absolute Gasteiger partial charge is 0.748 e. The number of aromatic amines is 1. The van der Waals surface area contributed by atoms with Gasteiger partial charge in [0.1, 0.15) is 41.1 Å². The molecule has 2 aliphatic heterocycles. The molecule has 2 aromatic carbocycles. The molecule has 2 aromatic heterocycles. The number of nitrogens with zero attached hydrogens (tertiary/aromatic N) is 5. The van der Waals surface area contributed by atoms with Crippen molar-refractivity contribution in [1.82, 2.24) is 29.8 Å². The summed E-state index contributed by atoms with van der Waals surface area (Å²) in [5.41, 5.74) is 10.7. The molecule has 73 heavy (non-hydrogen) atoms. The van der Waals surface area contributed by atoms with Crippen molar-refractivity contribution >= 4 is 65.1 Å². The van der Waals surface area contributed by atoms with Crippen LogP contribution in [0.5, 0.6) is 5.88 Å². The van der Waals surface area contributed by atoms with Gasteiger partial charge in [-0.1, -0.05) is 48.6 Å². The second-order valence-electron chi connectivity index (χ2n) is 17.0. The van der Waals surface area contributed by atoms with Crippen molar-refractivity contribution in [3.63, 3.8) is 0 Å². The Morgan fingerprint density at radius 2 is 1.63 bits per heavy atom. The summed E-state index contributed by atoms with van der Waals surface area (Å²) in [7, 11) is -13.8. The molecule has 1 aliphatic carbocycles. The number of fused-ring (bicyclic) bond motifs is 3. The Hall–Kier alpha value is -4.76. The molecule has 1 amide bonds. The van der Waals surface area contributed by atoms with Crippen molar-refractivity contribution in [3.05, 3.63) is 137 Å². The molecular formula is C48H52N8Na2O12S3. The van der Waals surface area contributed by atoms with Crippen LogP contribution in [0.15, 0.2) is 119 Å². The van der Waals surface area contributed by atoms with Crippen LogP contribution in [-0.2, 0) is 53.7 Å². The molecule has 1 unspecified atom stereocenters. The van der Waals surface area contributed by atoms with Crippen LogP contribution in [-0.4, -0.2) is 95.9 Å². The maximum atomic E-state index is 13.3. The van der Waals surface area contributed by atoms with Crippen LogP contribution in [0.1, 0.15) is 68.2 Å². The second kappa shape index (κ2) is 25.7. The number of hydrogen-bond acceptors (Lipinski definition) is 17. The average molecular weight is 1080 g/mol. The summed E-state index contributed by atoms with van der Waals surface area (Å²) in [6.45, 7) is 5.25. The van der Waals surface area contributed by atoms with Crippen LogP contribution in [0.4, 0.5) is 11.6 Å². The number of carbonyl (C=O) groups excluding carboxylic acids is 1. The van der Waals surface area contributed by atoms with Crippen LogP contribution in [0, 0.1) is 0 Å². The van der Waals surface area contributed by atoms with Crippen LogP contribution in [0.3, 0.4) is 0 Å². The van der Waals surface area contributed by atoms with Gasteiger partial charge in [-0.2, -0.15) is 9.97 Å². The average Bonchev–Trinajstić information content (AvgIpc) is 3.88. The maximum absolute atomic E-state index is 13.3. The third-order valence-electron chi connectivity index (χ3n) is 12.1. The van der Waals surface area contributed by atoms with E-state index < -0.39 is 52.2 Å². The number of imidazole rings is 1. The van der Waals surface area contributed by atoms with E-state index in [0.717, 1.165) is 27.6 Å². The van der Waals surface area contributed by atoms with E-state index in [4.69, 9.17) is 14.9 Å². The Morgan fingerprint density at radius 1 is 0.904 bits per heavy atom. The topological polar surface area (TPSA) is 310 Å². The number of rotatable bonds is 22. The first-order chi connectivity index (χ1) is 33.7. The Labute approximate surface area is 468 Å². The Balaban J connectivity index is 0.00000494. The SMILES string of the molecule is CC[N+](CCCS(=O)(=O)[O-])=c1ccc2c(\C=C/C=C/C=C3/N(CCCS(=O)(=O)[O-])c4ccc(S(=O)(=O)[O-])cc4C3(C)CCCC(=O)NCc3ccc(COc4nc(N)nc5nc[nH]c45)cc3)ccoc-2c1.[Na+].[Na+].